The van der Waals surface area contributed by atoms with Gasteiger partial charge in [0.15, 0.2) is 0 Å². The van der Waals surface area contributed by atoms with Gasteiger partial charge in [-0.05, 0) is 17.7 Å². The molecule has 0 saturated carbocycles. The van der Waals surface area contributed by atoms with Crippen molar-refractivity contribution in [3.05, 3.63) is 29.8 Å². The molecule has 0 atom stereocenters. The molecule has 0 radical (unpaired) electrons. The molecule has 1 aliphatic heterocycles. The average Bonchev–Trinajstić information content (AvgIpc) is 2.32. The number of carbonyl (C=O) groups is 1. The minimum Gasteiger partial charge on any atom is -0.497 e. The Morgan fingerprint density at radius 1 is 1.50 bits per heavy atom. The van der Waals surface area contributed by atoms with Crippen molar-refractivity contribution in [2.24, 2.45) is 0 Å². The van der Waals surface area contributed by atoms with Gasteiger partial charge in [-0.15, -0.1) is 0 Å². The van der Waals surface area contributed by atoms with Gasteiger partial charge in [0.1, 0.15) is 11.4 Å². The summed E-state index contributed by atoms with van der Waals surface area (Å²) in [6, 6.07) is 7.57. The van der Waals surface area contributed by atoms with Gasteiger partial charge in [0.2, 0.25) is 0 Å². The van der Waals surface area contributed by atoms with Crippen LogP contribution in [0.4, 0.5) is 0 Å². The van der Waals surface area contributed by atoms with Crippen LogP contribution in [0.25, 0.3) is 0 Å². The second kappa shape index (κ2) is 5.37. The standard InChI is InChI=1S/C13H17NO4/c1-17-11-4-2-3-10(5-11)7-18-13(6-12(15)16)8-14-9-13/h2-5,14H,6-9H2,1H3,(H,15,16). The maximum absolute atomic E-state index is 10.8. The number of hydrogen-bond acceptors (Lipinski definition) is 4. The summed E-state index contributed by atoms with van der Waals surface area (Å²) in [5.74, 6) is -0.0581. The van der Waals surface area contributed by atoms with Crippen LogP contribution >= 0.6 is 0 Å². The fourth-order valence-corrected chi connectivity index (χ4v) is 1.96. The van der Waals surface area contributed by atoms with Crippen LogP contribution in [0.2, 0.25) is 0 Å². The number of rotatable bonds is 6. The molecule has 1 saturated heterocycles. The van der Waals surface area contributed by atoms with Crippen molar-refractivity contribution in [2.45, 2.75) is 18.6 Å². The monoisotopic (exact) mass is 251 g/mol. The lowest BCUT2D eigenvalue weighted by Gasteiger charge is -2.41. The van der Waals surface area contributed by atoms with Gasteiger partial charge in [-0.3, -0.25) is 4.79 Å². The lowest BCUT2D eigenvalue weighted by molar-refractivity contribution is -0.152. The molecule has 18 heavy (non-hydrogen) atoms. The van der Waals surface area contributed by atoms with Crippen molar-refractivity contribution in [3.8, 4) is 5.75 Å². The second-order valence-electron chi connectivity index (χ2n) is 4.50. The Balaban J connectivity index is 1.95. The van der Waals surface area contributed by atoms with E-state index in [1.165, 1.54) is 0 Å². The van der Waals surface area contributed by atoms with Crippen LogP contribution in [0, 0.1) is 0 Å². The Morgan fingerprint density at radius 3 is 2.83 bits per heavy atom. The highest BCUT2D eigenvalue weighted by atomic mass is 16.5. The molecular formula is C13H17NO4. The first-order valence-corrected chi connectivity index (χ1v) is 5.83. The maximum Gasteiger partial charge on any atom is 0.306 e. The van der Waals surface area contributed by atoms with Gasteiger partial charge in [-0.1, -0.05) is 12.1 Å². The summed E-state index contributed by atoms with van der Waals surface area (Å²) in [6.45, 7) is 1.57. The molecule has 1 aromatic rings. The average molecular weight is 251 g/mol. The molecule has 98 valence electrons. The van der Waals surface area contributed by atoms with Gasteiger partial charge in [0, 0.05) is 13.1 Å². The highest BCUT2D eigenvalue weighted by Gasteiger charge is 2.40. The SMILES string of the molecule is COc1cccc(COC2(CC(=O)O)CNC2)c1. The molecule has 1 heterocycles. The number of aliphatic carboxylic acids is 1. The number of nitrogens with one attached hydrogen (secondary N) is 1. The minimum atomic E-state index is -0.831. The number of hydrogen-bond donors (Lipinski definition) is 2. The molecule has 0 amide bonds. The first-order valence-electron chi connectivity index (χ1n) is 5.83. The Hall–Kier alpha value is -1.59. The zero-order valence-electron chi connectivity index (χ0n) is 10.3. The first-order chi connectivity index (χ1) is 8.63. The number of benzene rings is 1. The molecule has 0 unspecified atom stereocenters. The summed E-state index contributed by atoms with van der Waals surface area (Å²) in [4.78, 5) is 10.8. The minimum absolute atomic E-state index is 0.0317. The molecular weight excluding hydrogens is 234 g/mol. The quantitative estimate of drug-likeness (QED) is 0.790. The van der Waals surface area contributed by atoms with Crippen molar-refractivity contribution in [1.82, 2.24) is 5.32 Å². The predicted octanol–water partition coefficient (Wildman–Crippen LogP) is 1.03. The topological polar surface area (TPSA) is 67.8 Å². The highest BCUT2D eigenvalue weighted by Crippen LogP contribution is 2.24. The molecule has 1 fully saturated rings. The van der Waals surface area contributed by atoms with Gasteiger partial charge in [0.25, 0.3) is 0 Å². The van der Waals surface area contributed by atoms with Crippen molar-refractivity contribution >= 4 is 5.97 Å². The number of methoxy groups -OCH3 is 1. The molecule has 2 N–H and O–H groups in total. The Bertz CT molecular complexity index is 429. The maximum atomic E-state index is 10.8. The lowest BCUT2D eigenvalue weighted by Crippen LogP contribution is -2.61. The van der Waals surface area contributed by atoms with E-state index in [1.54, 1.807) is 7.11 Å². The van der Waals surface area contributed by atoms with Crippen molar-refractivity contribution < 1.29 is 19.4 Å². The van der Waals surface area contributed by atoms with Crippen LogP contribution in [0.3, 0.4) is 0 Å². The summed E-state index contributed by atoms with van der Waals surface area (Å²) in [6.07, 6.45) is 0.0317. The third-order valence-corrected chi connectivity index (χ3v) is 3.05. The Kier molecular flexibility index (Phi) is 3.84. The van der Waals surface area contributed by atoms with Crippen LogP contribution in [-0.2, 0) is 16.1 Å². The van der Waals surface area contributed by atoms with Crippen molar-refractivity contribution in [1.29, 1.82) is 0 Å². The van der Waals surface area contributed by atoms with Crippen LogP contribution in [0.5, 0.6) is 5.75 Å². The summed E-state index contributed by atoms with van der Waals surface area (Å²) < 4.78 is 10.9. The van der Waals surface area contributed by atoms with E-state index in [2.05, 4.69) is 5.32 Å². The number of carboxylic acid groups (broad SMARTS) is 1. The van der Waals surface area contributed by atoms with Gasteiger partial charge >= 0.3 is 5.97 Å². The fraction of sp³-hybridized carbons (Fsp3) is 0.462. The summed E-state index contributed by atoms with van der Waals surface area (Å²) in [7, 11) is 1.61. The third kappa shape index (κ3) is 3.00. The molecule has 2 rings (SSSR count). The Labute approximate surface area is 106 Å². The van der Waals surface area contributed by atoms with Gasteiger partial charge in [-0.25, -0.2) is 0 Å². The molecule has 1 aromatic carbocycles. The van der Waals surface area contributed by atoms with Gasteiger partial charge in [-0.2, -0.15) is 0 Å². The van der Waals surface area contributed by atoms with E-state index in [4.69, 9.17) is 14.6 Å². The van der Waals surface area contributed by atoms with E-state index in [0.717, 1.165) is 11.3 Å². The van der Waals surface area contributed by atoms with E-state index >= 15 is 0 Å². The molecule has 0 aromatic heterocycles. The first kappa shape index (κ1) is 12.9. The molecule has 5 nitrogen and oxygen atoms in total. The molecule has 0 bridgehead atoms. The van der Waals surface area contributed by atoms with E-state index in [0.29, 0.717) is 19.7 Å². The third-order valence-electron chi connectivity index (χ3n) is 3.05. The van der Waals surface area contributed by atoms with Crippen LogP contribution < -0.4 is 10.1 Å². The van der Waals surface area contributed by atoms with E-state index in [9.17, 15) is 4.79 Å². The van der Waals surface area contributed by atoms with Crippen LogP contribution in [-0.4, -0.2) is 36.9 Å². The summed E-state index contributed by atoms with van der Waals surface area (Å²) >= 11 is 0. The van der Waals surface area contributed by atoms with Gasteiger partial charge in [0.05, 0.1) is 20.1 Å². The summed E-state index contributed by atoms with van der Waals surface area (Å²) in [5.41, 5.74) is 0.417. The number of ether oxygens (including phenoxy) is 2. The largest absolute Gasteiger partial charge is 0.497 e. The zero-order valence-corrected chi connectivity index (χ0v) is 10.3. The molecule has 0 spiro atoms. The van der Waals surface area contributed by atoms with E-state index in [-0.39, 0.29) is 6.42 Å². The fourth-order valence-electron chi connectivity index (χ4n) is 1.96. The molecule has 0 aliphatic carbocycles. The lowest BCUT2D eigenvalue weighted by atomic mass is 9.92. The van der Waals surface area contributed by atoms with E-state index < -0.39 is 11.6 Å². The predicted molar refractivity (Wildman–Crippen MR) is 65.6 cm³/mol. The van der Waals surface area contributed by atoms with Crippen LogP contribution in [0.1, 0.15) is 12.0 Å². The number of carboxylic acids is 1. The normalized spacial score (nSPS) is 16.9. The van der Waals surface area contributed by atoms with Crippen LogP contribution in [0.15, 0.2) is 24.3 Å². The molecule has 5 heteroatoms. The molecule has 1 aliphatic rings. The zero-order chi connectivity index (χ0) is 13.0. The smallest absolute Gasteiger partial charge is 0.306 e. The second-order valence-corrected chi connectivity index (χ2v) is 4.50. The van der Waals surface area contributed by atoms with Crippen molar-refractivity contribution in [3.63, 3.8) is 0 Å². The van der Waals surface area contributed by atoms with Gasteiger partial charge < -0.3 is 19.9 Å². The summed E-state index contributed by atoms with van der Waals surface area (Å²) in [5, 5.41) is 11.9. The van der Waals surface area contributed by atoms with E-state index in [1.807, 2.05) is 24.3 Å². The van der Waals surface area contributed by atoms with Crippen molar-refractivity contribution in [2.75, 3.05) is 20.2 Å². The Morgan fingerprint density at radius 2 is 2.28 bits per heavy atom. The highest BCUT2D eigenvalue weighted by molar-refractivity contribution is 5.68.